The van der Waals surface area contributed by atoms with E-state index in [1.807, 2.05) is 19.1 Å². The van der Waals surface area contributed by atoms with Crippen LogP contribution in [-0.4, -0.2) is 74.0 Å². The molecule has 4 unspecified atom stereocenters. The molecule has 260 valence electrons. The van der Waals surface area contributed by atoms with Gasteiger partial charge in [0.2, 0.25) is 5.78 Å². The number of rotatable bonds is 15. The highest BCUT2D eigenvalue weighted by Gasteiger charge is 2.85. The highest BCUT2D eigenvalue weighted by atomic mass is 16.7. The molecule has 2 fully saturated rings. The van der Waals surface area contributed by atoms with Crippen molar-refractivity contribution in [1.29, 1.82) is 0 Å². The first-order valence-electron chi connectivity index (χ1n) is 17.4. The predicted octanol–water partition coefficient (Wildman–Crippen LogP) is 3.66. The monoisotopic (exact) mass is 660 g/mol. The van der Waals surface area contributed by atoms with Crippen LogP contribution in [0.3, 0.4) is 0 Å². The topological polar surface area (TPSA) is 173 Å². The van der Waals surface area contributed by atoms with Crippen molar-refractivity contribution in [2.24, 2.45) is 27.8 Å². The summed E-state index contributed by atoms with van der Waals surface area (Å²) in [6, 6.07) is 6.39. The van der Waals surface area contributed by atoms with Gasteiger partial charge in [-0.15, -0.1) is 0 Å². The lowest BCUT2D eigenvalue weighted by molar-refractivity contribution is -0.149. The van der Waals surface area contributed by atoms with Gasteiger partial charge in [-0.05, 0) is 44.4 Å². The van der Waals surface area contributed by atoms with E-state index in [1.54, 1.807) is 31.3 Å². The van der Waals surface area contributed by atoms with Crippen LogP contribution in [0.4, 0.5) is 0 Å². The van der Waals surface area contributed by atoms with Crippen molar-refractivity contribution < 1.29 is 23.9 Å². The summed E-state index contributed by atoms with van der Waals surface area (Å²) in [5, 5.41) is 9.93. The number of nitrogens with one attached hydrogen (secondary N) is 3. The molecule has 11 heteroatoms. The number of ketones is 2. The van der Waals surface area contributed by atoms with Gasteiger partial charge in [0.05, 0.1) is 18.5 Å². The van der Waals surface area contributed by atoms with Gasteiger partial charge in [0, 0.05) is 49.0 Å². The molecule has 1 aromatic carbocycles. The number of fused-ring (bicyclic) bond motifs is 2. The van der Waals surface area contributed by atoms with Gasteiger partial charge in [0.25, 0.3) is 5.60 Å². The number of esters is 1. The van der Waals surface area contributed by atoms with Crippen molar-refractivity contribution in [3.05, 3.63) is 70.6 Å². The van der Waals surface area contributed by atoms with E-state index in [2.05, 4.69) is 40.9 Å². The normalized spacial score (nSPS) is 26.0. The number of ether oxygens (including phenoxy) is 2. The van der Waals surface area contributed by atoms with Crippen LogP contribution in [0.2, 0.25) is 0 Å². The summed E-state index contributed by atoms with van der Waals surface area (Å²) in [5.41, 5.74) is 10.9. The second kappa shape index (κ2) is 14.7. The largest absolute Gasteiger partial charge is 0.463 e. The van der Waals surface area contributed by atoms with Gasteiger partial charge < -0.3 is 36.9 Å². The number of benzene rings is 1. The van der Waals surface area contributed by atoms with E-state index in [4.69, 9.17) is 20.9 Å². The number of hydrogen-bond acceptors (Lipinski definition) is 9. The summed E-state index contributed by atoms with van der Waals surface area (Å²) < 4.78 is 12.1. The Morgan fingerprint density at radius 1 is 1.17 bits per heavy atom. The lowest BCUT2D eigenvalue weighted by Crippen LogP contribution is -2.52. The van der Waals surface area contributed by atoms with E-state index >= 15 is 0 Å². The summed E-state index contributed by atoms with van der Waals surface area (Å²) >= 11 is 0. The smallest absolute Gasteiger partial charge is 0.350 e. The zero-order chi connectivity index (χ0) is 34.5. The molecule has 4 atom stereocenters. The summed E-state index contributed by atoms with van der Waals surface area (Å²) in [6.07, 6.45) is 12.7. The highest BCUT2D eigenvalue weighted by molar-refractivity contribution is 6.32. The van der Waals surface area contributed by atoms with E-state index in [-0.39, 0.29) is 47.3 Å². The molecule has 1 saturated carbocycles. The van der Waals surface area contributed by atoms with Crippen molar-refractivity contribution in [2.75, 3.05) is 33.3 Å². The standard InChI is InChI=1S/C37H52N6O5/c1-5-7-12-25(22-41-6-2)23-47-33(46)37-32(45)28-14-9-8-13-27(28)31(44)36(37,48-37)19-15-24(3)35(17-10-11-18-35)30(43-34(39)40-4)26-16-20-42-29(38)21-26/h8-9,13-16,21,25,30,41-42H,5-7,10-12,17-20,22-23,38H2,1-4H3,(H3,39,40,43). The molecule has 7 N–H and O–H groups in total. The molecule has 0 amide bonds. The quantitative estimate of drug-likeness (QED) is 0.0467. The number of nitrogens with two attached hydrogens (primary N) is 2. The highest BCUT2D eigenvalue weighted by Crippen LogP contribution is 2.59. The maximum Gasteiger partial charge on any atom is 0.350 e. The summed E-state index contributed by atoms with van der Waals surface area (Å²) in [7, 11) is 1.64. The first-order chi connectivity index (χ1) is 23.1. The zero-order valence-corrected chi connectivity index (χ0v) is 28.8. The van der Waals surface area contributed by atoms with Crippen LogP contribution in [0.5, 0.6) is 0 Å². The molecule has 0 bridgehead atoms. The number of Topliss-reactive ketones (excluding diaryl/α,β-unsaturated/α-hetero) is 2. The van der Waals surface area contributed by atoms with E-state index in [0.717, 1.165) is 62.6 Å². The molecular weight excluding hydrogens is 608 g/mol. The minimum atomic E-state index is -2.02. The maximum absolute atomic E-state index is 14.3. The molecule has 11 nitrogen and oxygen atoms in total. The lowest BCUT2D eigenvalue weighted by atomic mass is 9.68. The Morgan fingerprint density at radius 2 is 1.88 bits per heavy atom. The minimum Gasteiger partial charge on any atom is -0.463 e. The van der Waals surface area contributed by atoms with Crippen molar-refractivity contribution in [3.63, 3.8) is 0 Å². The van der Waals surface area contributed by atoms with E-state index in [1.165, 1.54) is 0 Å². The number of nitrogens with zero attached hydrogens (tertiary/aromatic N) is 1. The van der Waals surface area contributed by atoms with Gasteiger partial charge in [-0.3, -0.25) is 14.6 Å². The van der Waals surface area contributed by atoms with Crippen molar-refractivity contribution >= 4 is 23.5 Å². The van der Waals surface area contributed by atoms with Crippen LogP contribution in [0.15, 0.2) is 64.5 Å². The van der Waals surface area contributed by atoms with Crippen LogP contribution in [0.1, 0.15) is 92.9 Å². The van der Waals surface area contributed by atoms with Crippen LogP contribution >= 0.6 is 0 Å². The Bertz CT molecular complexity index is 1520. The third-order valence-corrected chi connectivity index (χ3v) is 10.7. The third kappa shape index (κ3) is 6.30. The van der Waals surface area contributed by atoms with Crippen LogP contribution in [0.25, 0.3) is 0 Å². The Morgan fingerprint density at radius 3 is 2.52 bits per heavy atom. The molecule has 4 aliphatic rings. The number of epoxide rings is 1. The minimum absolute atomic E-state index is 0.0495. The molecule has 2 heterocycles. The van der Waals surface area contributed by atoms with Gasteiger partial charge in [0.15, 0.2) is 17.3 Å². The summed E-state index contributed by atoms with van der Waals surface area (Å²) in [6.45, 7) is 8.43. The predicted molar refractivity (Wildman–Crippen MR) is 186 cm³/mol. The fourth-order valence-electron chi connectivity index (χ4n) is 7.86. The van der Waals surface area contributed by atoms with Crippen LogP contribution < -0.4 is 27.4 Å². The summed E-state index contributed by atoms with van der Waals surface area (Å²) in [4.78, 5) is 46.6. The second-order valence-corrected chi connectivity index (χ2v) is 13.6. The number of guanidine groups is 1. The van der Waals surface area contributed by atoms with Gasteiger partial charge >= 0.3 is 5.97 Å². The number of hydrogen-bond donors (Lipinski definition) is 5. The SMILES string of the molecule is CCCCC(CNCC)COC(=O)C12OC1(CC=C(C)C1(C(NC(N)=NC)C3=CCNC(N)=C3)CCCC1)C(=O)c1ccccc1C2=O. The Hall–Kier alpha value is -3.96. The molecule has 48 heavy (non-hydrogen) atoms. The Balaban J connectivity index is 1.49. The summed E-state index contributed by atoms with van der Waals surface area (Å²) in [5.74, 6) is -0.715. The second-order valence-electron chi connectivity index (χ2n) is 13.6. The molecule has 2 aliphatic carbocycles. The number of unbranched alkanes of at least 4 members (excludes halogenated alkanes) is 1. The fraction of sp³-hybridized carbons (Fsp3) is 0.568. The zero-order valence-electron chi connectivity index (χ0n) is 28.8. The Labute approximate surface area is 284 Å². The molecular formula is C37H52N6O5. The van der Waals surface area contributed by atoms with E-state index in [9.17, 15) is 14.4 Å². The molecule has 2 aliphatic heterocycles. The molecule has 0 radical (unpaired) electrons. The molecule has 0 spiro atoms. The average Bonchev–Trinajstić information content (AvgIpc) is 3.57. The lowest BCUT2D eigenvalue weighted by Gasteiger charge is -2.41. The third-order valence-electron chi connectivity index (χ3n) is 10.7. The van der Waals surface area contributed by atoms with Crippen LogP contribution in [0, 0.1) is 11.3 Å². The van der Waals surface area contributed by atoms with Crippen molar-refractivity contribution in [3.8, 4) is 0 Å². The van der Waals surface area contributed by atoms with Gasteiger partial charge in [-0.1, -0.05) is 81.5 Å². The number of aliphatic imine (C=N–C) groups is 1. The fourth-order valence-corrected chi connectivity index (χ4v) is 7.86. The van der Waals surface area contributed by atoms with Crippen molar-refractivity contribution in [1.82, 2.24) is 16.0 Å². The molecule has 5 rings (SSSR count). The molecule has 0 aromatic heterocycles. The molecule has 1 saturated heterocycles. The average molecular weight is 661 g/mol. The van der Waals surface area contributed by atoms with E-state index in [0.29, 0.717) is 24.9 Å². The Kier molecular flexibility index (Phi) is 10.8. The van der Waals surface area contributed by atoms with Crippen LogP contribution in [-0.2, 0) is 14.3 Å². The van der Waals surface area contributed by atoms with Gasteiger partial charge in [-0.2, -0.15) is 0 Å². The van der Waals surface area contributed by atoms with Crippen molar-refractivity contribution in [2.45, 2.75) is 89.4 Å². The number of carbonyl (C=O) groups excluding carboxylic acids is 3. The molecule has 1 aromatic rings. The number of dihydropyridines is 1. The van der Waals surface area contributed by atoms with E-state index < -0.39 is 23.0 Å². The first kappa shape index (κ1) is 35.3. The first-order valence-corrected chi connectivity index (χ1v) is 17.4. The van der Waals surface area contributed by atoms with Gasteiger partial charge in [0.1, 0.15) is 0 Å². The maximum atomic E-state index is 14.3. The van der Waals surface area contributed by atoms with Gasteiger partial charge in [-0.25, -0.2) is 4.79 Å². The number of carbonyl (C=O) groups is 3.